The molecular formula is C19H21N3O3S. The van der Waals surface area contributed by atoms with Crippen molar-refractivity contribution < 1.29 is 9.72 Å². The number of aryl methyl sites for hydroxylation is 2. The van der Waals surface area contributed by atoms with E-state index in [1.165, 1.54) is 18.0 Å². The topological polar surface area (TPSA) is 75.5 Å². The summed E-state index contributed by atoms with van der Waals surface area (Å²) >= 11 is 1.29. The van der Waals surface area contributed by atoms with E-state index in [1.807, 2.05) is 36.4 Å². The first-order chi connectivity index (χ1) is 12.5. The molecule has 0 aromatic heterocycles. The zero-order valence-electron chi connectivity index (χ0n) is 14.8. The second-order valence-corrected chi connectivity index (χ2v) is 7.46. The lowest BCUT2D eigenvalue weighted by molar-refractivity contribution is -0.387. The second kappa shape index (κ2) is 7.88. The molecule has 1 saturated heterocycles. The van der Waals surface area contributed by atoms with E-state index < -0.39 is 0 Å². The Morgan fingerprint density at radius 1 is 1.19 bits per heavy atom. The minimum atomic E-state index is -0.385. The molecule has 26 heavy (non-hydrogen) atoms. The number of nitrogens with zero attached hydrogens (tertiary/aromatic N) is 2. The van der Waals surface area contributed by atoms with Crippen molar-refractivity contribution in [1.82, 2.24) is 4.31 Å². The maximum absolute atomic E-state index is 12.8. The number of carbonyl (C=O) groups excluding carboxylic acids is 1. The average molecular weight is 371 g/mol. The first kappa shape index (κ1) is 18.4. The van der Waals surface area contributed by atoms with Gasteiger partial charge >= 0.3 is 0 Å². The normalized spacial score (nSPS) is 17.2. The molecule has 1 fully saturated rings. The first-order valence-electron chi connectivity index (χ1n) is 8.52. The van der Waals surface area contributed by atoms with Gasteiger partial charge in [0.2, 0.25) is 5.91 Å². The number of para-hydroxylation sites is 2. The van der Waals surface area contributed by atoms with Gasteiger partial charge in [-0.25, -0.2) is 4.31 Å². The molecule has 0 radical (unpaired) electrons. The number of nitro groups is 1. The summed E-state index contributed by atoms with van der Waals surface area (Å²) in [5, 5.41) is 14.3. The van der Waals surface area contributed by atoms with E-state index in [2.05, 4.69) is 5.32 Å². The van der Waals surface area contributed by atoms with Crippen LogP contribution in [-0.2, 0) is 4.79 Å². The highest BCUT2D eigenvalue weighted by Gasteiger charge is 2.33. The minimum absolute atomic E-state index is 0.0639. The Labute approximate surface area is 156 Å². The van der Waals surface area contributed by atoms with E-state index in [1.54, 1.807) is 18.2 Å². The van der Waals surface area contributed by atoms with Crippen molar-refractivity contribution in [1.29, 1.82) is 0 Å². The number of nitro benzene ring substituents is 1. The minimum Gasteiger partial charge on any atom is -0.324 e. The predicted molar refractivity (Wildman–Crippen MR) is 103 cm³/mol. The van der Waals surface area contributed by atoms with Gasteiger partial charge in [-0.05, 0) is 55.8 Å². The van der Waals surface area contributed by atoms with E-state index in [9.17, 15) is 14.9 Å². The van der Waals surface area contributed by atoms with Gasteiger partial charge in [0.25, 0.3) is 5.69 Å². The highest BCUT2D eigenvalue weighted by Crippen LogP contribution is 2.36. The van der Waals surface area contributed by atoms with Crippen LogP contribution in [0.4, 0.5) is 11.4 Å². The van der Waals surface area contributed by atoms with Crippen molar-refractivity contribution in [2.24, 2.45) is 0 Å². The van der Waals surface area contributed by atoms with Crippen LogP contribution in [0, 0.1) is 24.0 Å². The molecule has 2 aromatic rings. The largest absolute Gasteiger partial charge is 0.324 e. The Hall–Kier alpha value is -2.38. The second-order valence-electron chi connectivity index (χ2n) is 6.37. The fourth-order valence-corrected chi connectivity index (χ4v) is 4.32. The molecule has 1 atom stereocenters. The SMILES string of the molecule is Cc1cccc(C)c1NC(=O)C1CCCN1Sc1ccccc1[N+](=O)[O-]. The zero-order chi connectivity index (χ0) is 18.7. The van der Waals surface area contributed by atoms with Crippen LogP contribution >= 0.6 is 11.9 Å². The fourth-order valence-electron chi connectivity index (χ4n) is 3.14. The van der Waals surface area contributed by atoms with Crippen LogP contribution < -0.4 is 5.32 Å². The molecule has 1 unspecified atom stereocenters. The standard InChI is InChI=1S/C19H21N3O3S/c1-13-7-5-8-14(2)18(13)20-19(23)16-10-6-12-21(16)26-17-11-4-3-9-15(17)22(24)25/h3-5,7-9,11,16H,6,10,12H2,1-2H3,(H,20,23). The van der Waals surface area contributed by atoms with Gasteiger partial charge < -0.3 is 5.32 Å². The third kappa shape index (κ3) is 3.89. The number of benzene rings is 2. The maximum Gasteiger partial charge on any atom is 0.284 e. The van der Waals surface area contributed by atoms with Gasteiger partial charge in [0.15, 0.2) is 0 Å². The summed E-state index contributed by atoms with van der Waals surface area (Å²) < 4.78 is 1.95. The van der Waals surface area contributed by atoms with Crippen LogP contribution in [0.25, 0.3) is 0 Å². The molecular weight excluding hydrogens is 350 g/mol. The number of amides is 1. The van der Waals surface area contributed by atoms with Crippen LogP contribution in [0.3, 0.4) is 0 Å². The van der Waals surface area contributed by atoms with Crippen molar-refractivity contribution in [3.8, 4) is 0 Å². The summed E-state index contributed by atoms with van der Waals surface area (Å²) in [4.78, 5) is 24.2. The molecule has 1 N–H and O–H groups in total. The van der Waals surface area contributed by atoms with Crippen molar-refractivity contribution >= 4 is 29.2 Å². The quantitative estimate of drug-likeness (QED) is 0.481. The van der Waals surface area contributed by atoms with Crippen LogP contribution in [0.5, 0.6) is 0 Å². The Bertz CT molecular complexity index is 820. The lowest BCUT2D eigenvalue weighted by atomic mass is 10.1. The summed E-state index contributed by atoms with van der Waals surface area (Å²) in [5.74, 6) is -0.0639. The van der Waals surface area contributed by atoms with E-state index in [-0.39, 0.29) is 22.6 Å². The zero-order valence-corrected chi connectivity index (χ0v) is 15.6. The van der Waals surface area contributed by atoms with Crippen LogP contribution in [0.1, 0.15) is 24.0 Å². The van der Waals surface area contributed by atoms with Gasteiger partial charge in [-0.3, -0.25) is 14.9 Å². The summed E-state index contributed by atoms with van der Waals surface area (Å²) in [6.45, 7) is 4.66. The molecule has 6 nitrogen and oxygen atoms in total. The number of carbonyl (C=O) groups is 1. The molecule has 136 valence electrons. The molecule has 1 aliphatic rings. The van der Waals surface area contributed by atoms with Crippen molar-refractivity contribution in [3.05, 3.63) is 63.7 Å². The Balaban J connectivity index is 1.76. The predicted octanol–water partition coefficient (Wildman–Crippen LogP) is 4.32. The molecule has 2 aromatic carbocycles. The molecule has 0 saturated carbocycles. The van der Waals surface area contributed by atoms with Gasteiger partial charge in [0, 0.05) is 18.3 Å². The third-order valence-corrected chi connectivity index (χ3v) is 5.73. The molecule has 3 rings (SSSR count). The molecule has 1 heterocycles. The van der Waals surface area contributed by atoms with Gasteiger partial charge in [-0.1, -0.05) is 30.3 Å². The molecule has 1 aliphatic heterocycles. The molecule has 7 heteroatoms. The highest BCUT2D eigenvalue weighted by atomic mass is 32.2. The first-order valence-corrected chi connectivity index (χ1v) is 9.30. The van der Waals surface area contributed by atoms with Crippen LogP contribution in [0.15, 0.2) is 47.4 Å². The average Bonchev–Trinajstić information content (AvgIpc) is 3.07. The maximum atomic E-state index is 12.8. The van der Waals surface area contributed by atoms with Gasteiger partial charge in [0.1, 0.15) is 4.90 Å². The number of hydrogen-bond acceptors (Lipinski definition) is 5. The fraction of sp³-hybridized carbons (Fsp3) is 0.316. The number of rotatable bonds is 5. The van der Waals surface area contributed by atoms with E-state index in [0.717, 1.165) is 36.2 Å². The summed E-state index contributed by atoms with van der Waals surface area (Å²) in [6, 6.07) is 12.2. The smallest absolute Gasteiger partial charge is 0.284 e. The van der Waals surface area contributed by atoms with E-state index in [4.69, 9.17) is 0 Å². The van der Waals surface area contributed by atoms with E-state index >= 15 is 0 Å². The summed E-state index contributed by atoms with van der Waals surface area (Å²) in [5.41, 5.74) is 2.96. The molecule has 0 aliphatic carbocycles. The number of anilines is 1. The third-order valence-electron chi connectivity index (χ3n) is 4.51. The van der Waals surface area contributed by atoms with E-state index in [0.29, 0.717) is 4.90 Å². The Morgan fingerprint density at radius 3 is 2.58 bits per heavy atom. The Kier molecular flexibility index (Phi) is 5.58. The highest BCUT2D eigenvalue weighted by molar-refractivity contribution is 7.97. The van der Waals surface area contributed by atoms with Crippen LogP contribution in [-0.4, -0.2) is 27.7 Å². The van der Waals surface area contributed by atoms with Gasteiger partial charge in [0.05, 0.1) is 11.0 Å². The molecule has 1 amide bonds. The summed E-state index contributed by atoms with van der Waals surface area (Å²) in [7, 11) is 0. The van der Waals surface area contributed by atoms with Crippen molar-refractivity contribution in [2.45, 2.75) is 37.6 Å². The van der Waals surface area contributed by atoms with Gasteiger partial charge in [-0.2, -0.15) is 0 Å². The molecule has 0 bridgehead atoms. The lowest BCUT2D eigenvalue weighted by Crippen LogP contribution is -2.36. The number of hydrogen-bond donors (Lipinski definition) is 1. The Morgan fingerprint density at radius 2 is 1.88 bits per heavy atom. The lowest BCUT2D eigenvalue weighted by Gasteiger charge is -2.23. The van der Waals surface area contributed by atoms with Crippen molar-refractivity contribution in [2.75, 3.05) is 11.9 Å². The van der Waals surface area contributed by atoms with Crippen molar-refractivity contribution in [3.63, 3.8) is 0 Å². The van der Waals surface area contributed by atoms with Gasteiger partial charge in [-0.15, -0.1) is 0 Å². The monoisotopic (exact) mass is 371 g/mol. The van der Waals surface area contributed by atoms with Crippen LogP contribution in [0.2, 0.25) is 0 Å². The number of nitrogens with one attached hydrogen (secondary N) is 1. The summed E-state index contributed by atoms with van der Waals surface area (Å²) in [6.07, 6.45) is 1.63. The molecule has 0 spiro atoms.